The van der Waals surface area contributed by atoms with E-state index in [-0.39, 0.29) is 6.54 Å². The van der Waals surface area contributed by atoms with Crippen LogP contribution < -0.4 is 11.2 Å². The van der Waals surface area contributed by atoms with Gasteiger partial charge in [-0.1, -0.05) is 17.3 Å². The van der Waals surface area contributed by atoms with Gasteiger partial charge in [0.15, 0.2) is 11.8 Å². The number of phosphoric acid groups is 1. The van der Waals surface area contributed by atoms with Crippen molar-refractivity contribution in [3.8, 4) is 0 Å². The number of hydrogen-bond donors (Lipinski definition) is 4. The number of fused-ring (bicyclic) bond motifs is 1. The van der Waals surface area contributed by atoms with Gasteiger partial charge in [0.05, 0.1) is 13.2 Å². The Balaban J connectivity index is 1.59. The summed E-state index contributed by atoms with van der Waals surface area (Å²) in [6, 6.07) is 6.33. The van der Waals surface area contributed by atoms with Crippen LogP contribution in [0.2, 0.25) is 0 Å². The Labute approximate surface area is 196 Å². The van der Waals surface area contributed by atoms with E-state index >= 15 is 0 Å². The molecule has 17 heteroatoms. The summed E-state index contributed by atoms with van der Waals surface area (Å²) in [5.74, 6) is 0. The van der Waals surface area contributed by atoms with E-state index < -0.39 is 58.5 Å². The third-order valence-electron chi connectivity index (χ3n) is 5.39. The predicted molar refractivity (Wildman–Crippen MR) is 117 cm³/mol. The summed E-state index contributed by atoms with van der Waals surface area (Å²) in [7, 11) is -8.74. The first-order chi connectivity index (χ1) is 16.5. The highest BCUT2D eigenvalue weighted by atomic mass is 31.2. The van der Waals surface area contributed by atoms with Crippen molar-refractivity contribution in [1.82, 2.24) is 14.3 Å². The fourth-order valence-corrected chi connectivity index (χ4v) is 5.09. The standard InChI is InChI=1S/C18H21N3O12P2/c1-9-3-2-4-11-14(9)10(19-32-11)7-21-13(22)5-6-20(18(21)25)17-16(24)15(23)12(31-17)8-30-35(28,29)33-34(26)27/h2-6,12,15-17,23-24,34H,7-8H2,1H3,(H,26,27)(H,28,29)/t12-,15+,16?,17-/m1/s1. The number of aliphatic hydroxyl groups excluding tert-OH is 2. The van der Waals surface area contributed by atoms with Gasteiger partial charge in [-0.3, -0.25) is 23.0 Å². The second-order valence-electron chi connectivity index (χ2n) is 7.68. The second-order valence-corrected chi connectivity index (χ2v) is 10.1. The van der Waals surface area contributed by atoms with E-state index in [2.05, 4.69) is 14.0 Å². The summed E-state index contributed by atoms with van der Waals surface area (Å²) in [4.78, 5) is 43.6. The molecule has 1 saturated heterocycles. The van der Waals surface area contributed by atoms with E-state index in [4.69, 9.17) is 14.2 Å². The topological polar surface area (TPSA) is 213 Å². The molecule has 1 fully saturated rings. The summed E-state index contributed by atoms with van der Waals surface area (Å²) in [6.45, 7) is 0.743. The Hall–Kier alpha value is -2.45. The van der Waals surface area contributed by atoms with Crippen molar-refractivity contribution in [2.75, 3.05) is 6.61 Å². The van der Waals surface area contributed by atoms with Crippen molar-refractivity contribution < 1.29 is 47.2 Å². The third-order valence-corrected chi connectivity index (χ3v) is 7.41. The minimum atomic E-state index is -4.94. The van der Waals surface area contributed by atoms with Crippen LogP contribution in [0.25, 0.3) is 11.0 Å². The number of aromatic nitrogens is 3. The SMILES string of the molecule is Cc1cccc2onc(Cn3c(=O)ccn([C@@H]4O[C@H](COP(=O)(O)O[PH](=O)O)[C@H](O)C4O)c3=O)c12. The van der Waals surface area contributed by atoms with Gasteiger partial charge in [0.25, 0.3) is 5.56 Å². The number of aryl methyl sites for hydroxylation is 1. The highest BCUT2D eigenvalue weighted by molar-refractivity contribution is 7.55. The fourth-order valence-electron chi connectivity index (χ4n) is 3.75. The van der Waals surface area contributed by atoms with Gasteiger partial charge in [0, 0.05) is 17.6 Å². The summed E-state index contributed by atoms with van der Waals surface area (Å²) in [5, 5.41) is 25.3. The molecular formula is C18H21N3O12P2. The fraction of sp³-hybridized carbons (Fsp3) is 0.389. The molecule has 190 valence electrons. The molecule has 6 atom stereocenters. The number of rotatable bonds is 8. The number of benzene rings is 1. The van der Waals surface area contributed by atoms with Crippen molar-refractivity contribution in [2.45, 2.75) is 38.0 Å². The van der Waals surface area contributed by atoms with Crippen molar-refractivity contribution in [2.24, 2.45) is 0 Å². The molecule has 15 nitrogen and oxygen atoms in total. The number of aliphatic hydroxyl groups is 2. The smallest absolute Gasteiger partial charge is 0.387 e. The van der Waals surface area contributed by atoms with Crippen LogP contribution in [0, 0.1) is 6.92 Å². The molecule has 3 aromatic rings. The van der Waals surface area contributed by atoms with Crippen molar-refractivity contribution in [1.29, 1.82) is 0 Å². The third kappa shape index (κ3) is 5.23. The number of nitrogens with zero attached hydrogens (tertiary/aromatic N) is 3. The van der Waals surface area contributed by atoms with Crippen LogP contribution >= 0.6 is 16.1 Å². The minimum absolute atomic E-state index is 0.250. The van der Waals surface area contributed by atoms with Gasteiger partial charge >= 0.3 is 21.8 Å². The number of ether oxygens (including phenoxy) is 1. The molecule has 0 aliphatic carbocycles. The average molecular weight is 533 g/mol. The Morgan fingerprint density at radius 3 is 2.69 bits per heavy atom. The van der Waals surface area contributed by atoms with Gasteiger partial charge in [0.1, 0.15) is 24.0 Å². The van der Waals surface area contributed by atoms with E-state index in [0.717, 1.165) is 27.0 Å². The van der Waals surface area contributed by atoms with Gasteiger partial charge in [-0.15, -0.1) is 0 Å². The largest absolute Gasteiger partial charge is 0.479 e. The minimum Gasteiger partial charge on any atom is -0.387 e. The molecule has 0 amide bonds. The van der Waals surface area contributed by atoms with Crippen LogP contribution in [0.15, 0.2) is 44.6 Å². The molecule has 35 heavy (non-hydrogen) atoms. The van der Waals surface area contributed by atoms with Crippen LogP contribution in [0.3, 0.4) is 0 Å². The molecule has 1 aliphatic heterocycles. The van der Waals surface area contributed by atoms with Gasteiger partial charge in [-0.05, 0) is 18.6 Å². The zero-order valence-corrected chi connectivity index (χ0v) is 19.8. The highest BCUT2D eigenvalue weighted by Crippen LogP contribution is 2.51. The maximum atomic E-state index is 13.1. The molecule has 2 aromatic heterocycles. The molecule has 0 bridgehead atoms. The van der Waals surface area contributed by atoms with E-state index in [1.165, 1.54) is 0 Å². The zero-order chi connectivity index (χ0) is 25.5. The van der Waals surface area contributed by atoms with Crippen LogP contribution in [-0.4, -0.2) is 59.2 Å². The summed E-state index contributed by atoms with van der Waals surface area (Å²) < 4.78 is 43.0. The number of phosphoric ester groups is 1. The lowest BCUT2D eigenvalue weighted by Gasteiger charge is -2.18. The van der Waals surface area contributed by atoms with Crippen molar-refractivity contribution in [3.63, 3.8) is 0 Å². The molecule has 0 spiro atoms. The molecule has 3 unspecified atom stereocenters. The first-order valence-corrected chi connectivity index (χ1v) is 12.8. The van der Waals surface area contributed by atoms with Gasteiger partial charge in [-0.2, -0.15) is 0 Å². The lowest BCUT2D eigenvalue weighted by Crippen LogP contribution is -2.43. The molecule has 0 radical (unpaired) electrons. The van der Waals surface area contributed by atoms with Crippen LogP contribution in [-0.2, 0) is 29.2 Å². The molecule has 1 aliphatic rings. The molecular weight excluding hydrogens is 512 g/mol. The predicted octanol–water partition coefficient (Wildman–Crippen LogP) is -0.357. The Bertz CT molecular complexity index is 1430. The van der Waals surface area contributed by atoms with Crippen LogP contribution in [0.5, 0.6) is 0 Å². The average Bonchev–Trinajstić information content (AvgIpc) is 3.31. The maximum Gasteiger partial charge on any atom is 0.479 e. The van der Waals surface area contributed by atoms with Crippen molar-refractivity contribution in [3.05, 3.63) is 62.6 Å². The summed E-state index contributed by atoms with van der Waals surface area (Å²) >= 11 is 0. The van der Waals surface area contributed by atoms with E-state index in [0.29, 0.717) is 16.7 Å². The first-order valence-electron chi connectivity index (χ1n) is 10.1. The molecule has 4 N–H and O–H groups in total. The summed E-state index contributed by atoms with van der Waals surface area (Å²) in [5.41, 5.74) is 0.0642. The molecule has 1 aromatic carbocycles. The van der Waals surface area contributed by atoms with Crippen LogP contribution in [0.1, 0.15) is 17.5 Å². The molecule has 3 heterocycles. The van der Waals surface area contributed by atoms with Crippen molar-refractivity contribution >= 4 is 27.0 Å². The summed E-state index contributed by atoms with van der Waals surface area (Å²) in [6.07, 6.45) is -5.23. The lowest BCUT2D eigenvalue weighted by atomic mass is 10.1. The van der Waals surface area contributed by atoms with Gasteiger partial charge < -0.3 is 29.3 Å². The van der Waals surface area contributed by atoms with E-state index in [9.17, 15) is 33.8 Å². The monoisotopic (exact) mass is 533 g/mol. The van der Waals surface area contributed by atoms with Gasteiger partial charge in [0.2, 0.25) is 0 Å². The quantitative estimate of drug-likeness (QED) is 0.273. The maximum absolute atomic E-state index is 13.1. The highest BCUT2D eigenvalue weighted by Gasteiger charge is 2.45. The normalized spacial score (nSPS) is 25.1. The molecule has 4 rings (SSSR count). The molecule has 0 saturated carbocycles. The van der Waals surface area contributed by atoms with E-state index in [1.807, 2.05) is 13.0 Å². The Morgan fingerprint density at radius 1 is 1.23 bits per heavy atom. The van der Waals surface area contributed by atoms with E-state index in [1.54, 1.807) is 12.1 Å². The van der Waals surface area contributed by atoms with Crippen LogP contribution in [0.4, 0.5) is 0 Å². The zero-order valence-electron chi connectivity index (χ0n) is 18.0. The Kier molecular flexibility index (Phi) is 7.25. The first kappa shape index (κ1) is 25.6. The number of hydrogen-bond acceptors (Lipinski definition) is 11. The van der Waals surface area contributed by atoms with Gasteiger partial charge in [-0.25, -0.2) is 13.7 Å². The Morgan fingerprint density at radius 2 is 1.97 bits per heavy atom. The lowest BCUT2D eigenvalue weighted by molar-refractivity contribution is -0.0546. The second kappa shape index (κ2) is 9.90.